The van der Waals surface area contributed by atoms with Gasteiger partial charge in [-0.2, -0.15) is 5.26 Å². The minimum Gasteiger partial charge on any atom is -0.466 e. The van der Waals surface area contributed by atoms with Gasteiger partial charge < -0.3 is 10.5 Å². The Bertz CT molecular complexity index is 933. The van der Waals surface area contributed by atoms with E-state index in [0.29, 0.717) is 16.1 Å². The van der Waals surface area contributed by atoms with Gasteiger partial charge in [0.25, 0.3) is 0 Å². The molecule has 24 heavy (non-hydrogen) atoms. The van der Waals surface area contributed by atoms with Crippen LogP contribution in [-0.4, -0.2) is 13.1 Å². The number of hydrogen-bond acceptors (Lipinski definition) is 4. The van der Waals surface area contributed by atoms with Gasteiger partial charge in [0.05, 0.1) is 24.4 Å². The number of halogens is 2. The van der Waals surface area contributed by atoms with E-state index in [0.717, 1.165) is 0 Å². The zero-order chi connectivity index (χ0) is 17.5. The van der Waals surface area contributed by atoms with Crippen molar-refractivity contribution in [3.05, 3.63) is 75.6 Å². The van der Waals surface area contributed by atoms with Gasteiger partial charge in [-0.25, -0.2) is 9.18 Å². The van der Waals surface area contributed by atoms with E-state index in [1.165, 1.54) is 25.3 Å². The van der Waals surface area contributed by atoms with E-state index in [9.17, 15) is 14.4 Å². The van der Waals surface area contributed by atoms with E-state index >= 15 is 0 Å². The number of carbonyl (C=O) groups excluding carboxylic acids is 1. The van der Waals surface area contributed by atoms with Crippen LogP contribution in [0.3, 0.4) is 0 Å². The molecule has 3 rings (SSSR count). The summed E-state index contributed by atoms with van der Waals surface area (Å²) in [6.07, 6.45) is 0. The van der Waals surface area contributed by atoms with Crippen LogP contribution in [0.15, 0.2) is 48.0 Å². The molecule has 0 radical (unpaired) electrons. The lowest BCUT2D eigenvalue weighted by Crippen LogP contribution is -2.31. The second-order valence-corrected chi connectivity index (χ2v) is 5.78. The summed E-state index contributed by atoms with van der Waals surface area (Å²) in [6.45, 7) is 0. The first kappa shape index (κ1) is 16.0. The van der Waals surface area contributed by atoms with Crippen molar-refractivity contribution >= 4 is 23.3 Å². The standard InChI is InChI=1S/C18H12ClFN2O2/c1-24-17(23)15-16(22)13-6-5-11(19)8-14(13)18(15,9-21)10-3-2-4-12(20)7-10/h2-8H,22H2,1H3. The van der Waals surface area contributed by atoms with Crippen LogP contribution < -0.4 is 5.73 Å². The van der Waals surface area contributed by atoms with Crippen molar-refractivity contribution in [2.45, 2.75) is 5.41 Å². The van der Waals surface area contributed by atoms with E-state index < -0.39 is 17.2 Å². The lowest BCUT2D eigenvalue weighted by Gasteiger charge is -2.26. The molecule has 1 atom stereocenters. The fourth-order valence-corrected chi connectivity index (χ4v) is 3.27. The average molecular weight is 343 g/mol. The molecule has 0 fully saturated rings. The van der Waals surface area contributed by atoms with E-state index in [-0.39, 0.29) is 16.8 Å². The average Bonchev–Trinajstić information content (AvgIpc) is 2.83. The molecule has 2 aromatic carbocycles. The van der Waals surface area contributed by atoms with Crippen LogP contribution in [0.5, 0.6) is 0 Å². The summed E-state index contributed by atoms with van der Waals surface area (Å²) in [5.74, 6) is -1.27. The van der Waals surface area contributed by atoms with Crippen molar-refractivity contribution < 1.29 is 13.9 Å². The highest BCUT2D eigenvalue weighted by atomic mass is 35.5. The first-order valence-electron chi connectivity index (χ1n) is 7.02. The molecule has 4 nitrogen and oxygen atoms in total. The molecule has 0 heterocycles. The number of carbonyl (C=O) groups is 1. The van der Waals surface area contributed by atoms with Crippen molar-refractivity contribution in [1.82, 2.24) is 0 Å². The molecule has 1 aliphatic carbocycles. The van der Waals surface area contributed by atoms with Gasteiger partial charge >= 0.3 is 5.97 Å². The largest absolute Gasteiger partial charge is 0.466 e. The van der Waals surface area contributed by atoms with E-state index in [1.54, 1.807) is 24.3 Å². The summed E-state index contributed by atoms with van der Waals surface area (Å²) in [5.41, 5.74) is 5.87. The van der Waals surface area contributed by atoms with Crippen LogP contribution in [0.25, 0.3) is 5.70 Å². The van der Waals surface area contributed by atoms with Gasteiger partial charge in [0, 0.05) is 10.6 Å². The van der Waals surface area contributed by atoms with Crippen molar-refractivity contribution in [3.8, 4) is 6.07 Å². The number of methoxy groups -OCH3 is 1. The van der Waals surface area contributed by atoms with Crippen molar-refractivity contribution in [1.29, 1.82) is 5.26 Å². The van der Waals surface area contributed by atoms with Crippen molar-refractivity contribution in [3.63, 3.8) is 0 Å². The third-order valence-corrected chi connectivity index (χ3v) is 4.37. The topological polar surface area (TPSA) is 76.1 Å². The molecule has 0 amide bonds. The first-order chi connectivity index (χ1) is 11.5. The summed E-state index contributed by atoms with van der Waals surface area (Å²) in [7, 11) is 1.20. The number of esters is 1. The summed E-state index contributed by atoms with van der Waals surface area (Å²) in [6, 6.07) is 12.4. The summed E-state index contributed by atoms with van der Waals surface area (Å²) in [5, 5.41) is 10.4. The lowest BCUT2D eigenvalue weighted by atomic mass is 9.73. The number of ether oxygens (including phenoxy) is 1. The Morgan fingerprint density at radius 3 is 2.71 bits per heavy atom. The minimum atomic E-state index is -1.58. The van der Waals surface area contributed by atoms with Crippen LogP contribution in [-0.2, 0) is 14.9 Å². The molecule has 120 valence electrons. The van der Waals surface area contributed by atoms with Crippen LogP contribution in [0.4, 0.5) is 4.39 Å². The number of nitriles is 1. The molecule has 0 saturated heterocycles. The van der Waals surface area contributed by atoms with Gasteiger partial charge in [-0.1, -0.05) is 29.8 Å². The Kier molecular flexibility index (Phi) is 3.78. The number of hydrogen-bond donors (Lipinski definition) is 1. The highest BCUT2D eigenvalue weighted by Gasteiger charge is 2.50. The third-order valence-electron chi connectivity index (χ3n) is 4.13. The lowest BCUT2D eigenvalue weighted by molar-refractivity contribution is -0.136. The maximum Gasteiger partial charge on any atom is 0.338 e. The van der Waals surface area contributed by atoms with E-state index in [2.05, 4.69) is 6.07 Å². The molecule has 6 heteroatoms. The summed E-state index contributed by atoms with van der Waals surface area (Å²) in [4.78, 5) is 12.4. The number of rotatable bonds is 2. The molecule has 2 N–H and O–H groups in total. The molecule has 0 bridgehead atoms. The first-order valence-corrected chi connectivity index (χ1v) is 7.39. The molecular formula is C18H12ClFN2O2. The highest BCUT2D eigenvalue weighted by molar-refractivity contribution is 6.30. The van der Waals surface area contributed by atoms with Gasteiger partial charge in [0.1, 0.15) is 11.2 Å². The number of benzene rings is 2. The SMILES string of the molecule is COC(=O)C1=C(N)c2ccc(Cl)cc2C1(C#N)c1cccc(F)c1. The van der Waals surface area contributed by atoms with Gasteiger partial charge in [-0.3, -0.25) is 0 Å². The predicted octanol–water partition coefficient (Wildman–Crippen LogP) is 3.15. The maximum atomic E-state index is 13.8. The Hall–Kier alpha value is -2.84. The maximum absolute atomic E-state index is 13.8. The molecule has 1 unspecified atom stereocenters. The zero-order valence-corrected chi connectivity index (χ0v) is 13.4. The van der Waals surface area contributed by atoms with Gasteiger partial charge in [-0.15, -0.1) is 0 Å². The number of nitrogens with zero attached hydrogens (tertiary/aromatic N) is 1. The molecule has 0 aromatic heterocycles. The normalized spacial score (nSPS) is 18.9. The Balaban J connectivity index is 2.44. The fourth-order valence-electron chi connectivity index (χ4n) is 3.10. The Morgan fingerprint density at radius 1 is 1.33 bits per heavy atom. The summed E-state index contributed by atoms with van der Waals surface area (Å²) < 4.78 is 18.6. The second kappa shape index (κ2) is 5.66. The fraction of sp³-hybridized carbons (Fsp3) is 0.111. The number of nitrogens with two attached hydrogens (primary N) is 1. The van der Waals surface area contributed by atoms with Crippen molar-refractivity contribution in [2.75, 3.05) is 7.11 Å². The smallest absolute Gasteiger partial charge is 0.338 e. The van der Waals surface area contributed by atoms with Crippen LogP contribution in [0.1, 0.15) is 16.7 Å². The quantitative estimate of drug-likeness (QED) is 0.851. The Morgan fingerprint density at radius 2 is 2.08 bits per heavy atom. The molecule has 0 spiro atoms. The monoisotopic (exact) mass is 342 g/mol. The minimum absolute atomic E-state index is 0.0321. The van der Waals surface area contributed by atoms with Crippen LogP contribution >= 0.6 is 11.6 Å². The molecule has 1 aliphatic rings. The Labute approximate surface area is 142 Å². The zero-order valence-electron chi connectivity index (χ0n) is 12.6. The highest BCUT2D eigenvalue weighted by Crippen LogP contribution is 2.49. The van der Waals surface area contributed by atoms with E-state index in [4.69, 9.17) is 22.1 Å². The van der Waals surface area contributed by atoms with Gasteiger partial charge in [0.15, 0.2) is 0 Å². The molecule has 0 aliphatic heterocycles. The molecule has 2 aromatic rings. The number of fused-ring (bicyclic) bond motifs is 1. The van der Waals surface area contributed by atoms with Crippen LogP contribution in [0, 0.1) is 17.1 Å². The van der Waals surface area contributed by atoms with Gasteiger partial charge in [0.2, 0.25) is 0 Å². The molecular weight excluding hydrogens is 331 g/mol. The predicted molar refractivity (Wildman–Crippen MR) is 87.4 cm³/mol. The summed E-state index contributed by atoms with van der Waals surface area (Å²) >= 11 is 6.08. The third kappa shape index (κ3) is 2.08. The van der Waals surface area contributed by atoms with Gasteiger partial charge in [-0.05, 0) is 35.4 Å². The van der Waals surface area contributed by atoms with Crippen molar-refractivity contribution in [2.24, 2.45) is 5.73 Å². The van der Waals surface area contributed by atoms with E-state index in [1.807, 2.05) is 0 Å². The molecule has 0 saturated carbocycles. The second-order valence-electron chi connectivity index (χ2n) is 5.34. The van der Waals surface area contributed by atoms with Crippen LogP contribution in [0.2, 0.25) is 5.02 Å².